The molecule has 134 valence electrons. The Labute approximate surface area is 152 Å². The van der Waals surface area contributed by atoms with E-state index >= 15 is 0 Å². The number of hydrogen-bond acceptors (Lipinski definition) is 5. The molecule has 1 aliphatic rings. The van der Waals surface area contributed by atoms with E-state index in [0.717, 1.165) is 0 Å². The summed E-state index contributed by atoms with van der Waals surface area (Å²) >= 11 is 3.26. The smallest absolute Gasteiger partial charge is 0.252 e. The van der Waals surface area contributed by atoms with Crippen LogP contribution in [0.15, 0.2) is 40.4 Å². The Balaban J connectivity index is 2.15. The van der Waals surface area contributed by atoms with E-state index in [2.05, 4.69) is 26.6 Å². The quantitative estimate of drug-likeness (QED) is 0.431. The van der Waals surface area contributed by atoms with E-state index in [1.54, 1.807) is 24.3 Å². The summed E-state index contributed by atoms with van der Waals surface area (Å²) in [5, 5.41) is 24.9. The fourth-order valence-corrected chi connectivity index (χ4v) is 2.88. The number of aliphatic hydroxyl groups is 2. The SMILES string of the molecule is NC(=O)CNC(=O)C1=CC(NC(=O)c2ccccc2Br)C(O)C(O)C1. The number of benzene rings is 1. The van der Waals surface area contributed by atoms with Gasteiger partial charge >= 0.3 is 0 Å². The van der Waals surface area contributed by atoms with Crippen molar-refractivity contribution in [3.8, 4) is 0 Å². The van der Waals surface area contributed by atoms with E-state index in [1.807, 2.05) is 0 Å². The third-order valence-electron chi connectivity index (χ3n) is 3.70. The number of primary amides is 1. The van der Waals surface area contributed by atoms with Gasteiger partial charge in [-0.2, -0.15) is 0 Å². The molecule has 9 heteroatoms. The molecule has 1 aromatic rings. The van der Waals surface area contributed by atoms with Gasteiger partial charge in [-0.3, -0.25) is 14.4 Å². The normalized spacial score (nSPS) is 22.7. The van der Waals surface area contributed by atoms with Gasteiger partial charge in [-0.1, -0.05) is 18.2 Å². The lowest BCUT2D eigenvalue weighted by atomic mass is 9.90. The highest BCUT2D eigenvalue weighted by atomic mass is 79.9. The highest BCUT2D eigenvalue weighted by Crippen LogP contribution is 2.21. The van der Waals surface area contributed by atoms with E-state index < -0.39 is 36.0 Å². The van der Waals surface area contributed by atoms with E-state index in [4.69, 9.17) is 5.73 Å². The molecular weight excluding hydrogens is 394 g/mol. The molecule has 1 aliphatic carbocycles. The molecule has 0 fully saturated rings. The first-order valence-electron chi connectivity index (χ1n) is 7.48. The average Bonchev–Trinajstić information content (AvgIpc) is 2.56. The van der Waals surface area contributed by atoms with Crippen LogP contribution in [0.3, 0.4) is 0 Å². The first-order chi connectivity index (χ1) is 11.8. The van der Waals surface area contributed by atoms with Crippen LogP contribution < -0.4 is 16.4 Å². The van der Waals surface area contributed by atoms with Gasteiger partial charge in [-0.05, 0) is 28.1 Å². The first kappa shape index (κ1) is 19.1. The topological polar surface area (TPSA) is 142 Å². The lowest BCUT2D eigenvalue weighted by Gasteiger charge is -2.31. The molecule has 2 rings (SSSR count). The monoisotopic (exact) mass is 411 g/mol. The van der Waals surface area contributed by atoms with Crippen LogP contribution in [0.5, 0.6) is 0 Å². The molecular formula is C16H18BrN3O5. The van der Waals surface area contributed by atoms with Gasteiger partial charge in [0.05, 0.1) is 24.3 Å². The minimum Gasteiger partial charge on any atom is -0.390 e. The number of nitrogens with one attached hydrogen (secondary N) is 2. The van der Waals surface area contributed by atoms with Crippen molar-refractivity contribution in [1.82, 2.24) is 10.6 Å². The second kappa shape index (κ2) is 8.24. The van der Waals surface area contributed by atoms with Crippen molar-refractivity contribution in [3.05, 3.63) is 46.0 Å². The van der Waals surface area contributed by atoms with Gasteiger partial charge in [0, 0.05) is 16.5 Å². The maximum Gasteiger partial charge on any atom is 0.252 e. The van der Waals surface area contributed by atoms with E-state index in [9.17, 15) is 24.6 Å². The largest absolute Gasteiger partial charge is 0.390 e. The number of aliphatic hydroxyl groups excluding tert-OH is 2. The Hall–Kier alpha value is -2.23. The molecule has 3 unspecified atom stereocenters. The van der Waals surface area contributed by atoms with Gasteiger partial charge in [0.15, 0.2) is 0 Å². The predicted octanol–water partition coefficient (Wildman–Crippen LogP) is -0.799. The zero-order valence-corrected chi connectivity index (χ0v) is 14.7. The number of halogens is 1. The molecule has 3 amide bonds. The summed E-state index contributed by atoms with van der Waals surface area (Å²) in [6.07, 6.45) is -1.24. The summed E-state index contributed by atoms with van der Waals surface area (Å²) in [6.45, 7) is -0.344. The molecule has 0 spiro atoms. The van der Waals surface area contributed by atoms with E-state index in [0.29, 0.717) is 10.0 Å². The maximum atomic E-state index is 12.4. The van der Waals surface area contributed by atoms with Crippen molar-refractivity contribution in [3.63, 3.8) is 0 Å². The fourth-order valence-electron chi connectivity index (χ4n) is 2.42. The highest BCUT2D eigenvalue weighted by molar-refractivity contribution is 9.10. The number of nitrogens with two attached hydrogens (primary N) is 1. The Bertz CT molecular complexity index is 721. The summed E-state index contributed by atoms with van der Waals surface area (Å²) in [4.78, 5) is 35.1. The van der Waals surface area contributed by atoms with Crippen molar-refractivity contribution in [2.45, 2.75) is 24.7 Å². The zero-order valence-electron chi connectivity index (χ0n) is 13.1. The van der Waals surface area contributed by atoms with Crippen molar-refractivity contribution < 1.29 is 24.6 Å². The van der Waals surface area contributed by atoms with Crippen LogP contribution in [0, 0.1) is 0 Å². The Morgan fingerprint density at radius 2 is 1.88 bits per heavy atom. The van der Waals surface area contributed by atoms with Crippen molar-refractivity contribution in [1.29, 1.82) is 0 Å². The second-order valence-electron chi connectivity index (χ2n) is 5.58. The number of hydrogen-bond donors (Lipinski definition) is 5. The predicted molar refractivity (Wildman–Crippen MR) is 92.3 cm³/mol. The summed E-state index contributed by atoms with van der Waals surface area (Å²) in [5.74, 6) is -1.77. The Kier molecular flexibility index (Phi) is 6.29. The number of amides is 3. The Morgan fingerprint density at radius 3 is 2.52 bits per heavy atom. The van der Waals surface area contributed by atoms with Gasteiger partial charge in [0.1, 0.15) is 6.10 Å². The fraction of sp³-hybridized carbons (Fsp3) is 0.312. The third-order valence-corrected chi connectivity index (χ3v) is 4.39. The minimum atomic E-state index is -1.26. The molecule has 0 saturated heterocycles. The zero-order chi connectivity index (χ0) is 18.6. The van der Waals surface area contributed by atoms with Crippen LogP contribution in [0.1, 0.15) is 16.8 Å². The van der Waals surface area contributed by atoms with Crippen molar-refractivity contribution in [2.75, 3.05) is 6.54 Å². The standard InChI is InChI=1S/C16H18BrN3O5/c17-10-4-2-1-3-9(10)16(25)20-11-5-8(6-12(21)14(11)23)15(24)19-7-13(18)22/h1-5,11-12,14,21,23H,6-7H2,(H2,18,22)(H,19,24)(H,20,25). The highest BCUT2D eigenvalue weighted by Gasteiger charge is 2.34. The summed E-state index contributed by atoms with van der Waals surface area (Å²) in [5.41, 5.74) is 5.47. The van der Waals surface area contributed by atoms with Gasteiger partial charge < -0.3 is 26.6 Å². The molecule has 1 aromatic carbocycles. The van der Waals surface area contributed by atoms with Gasteiger partial charge in [-0.25, -0.2) is 0 Å². The van der Waals surface area contributed by atoms with Gasteiger partial charge in [0.2, 0.25) is 11.8 Å². The van der Waals surface area contributed by atoms with Crippen LogP contribution in [0.4, 0.5) is 0 Å². The molecule has 3 atom stereocenters. The lowest BCUT2D eigenvalue weighted by Crippen LogP contribution is -2.51. The second-order valence-corrected chi connectivity index (χ2v) is 6.44. The van der Waals surface area contributed by atoms with Crippen LogP contribution in [0.25, 0.3) is 0 Å². The van der Waals surface area contributed by atoms with Crippen LogP contribution in [-0.2, 0) is 9.59 Å². The summed E-state index contributed by atoms with van der Waals surface area (Å²) < 4.78 is 0.571. The maximum absolute atomic E-state index is 12.4. The molecule has 0 aromatic heterocycles. The number of rotatable bonds is 5. The molecule has 0 radical (unpaired) electrons. The van der Waals surface area contributed by atoms with Gasteiger partial charge in [-0.15, -0.1) is 0 Å². The Morgan fingerprint density at radius 1 is 1.20 bits per heavy atom. The van der Waals surface area contributed by atoms with Crippen LogP contribution >= 0.6 is 15.9 Å². The number of carbonyl (C=O) groups is 3. The van der Waals surface area contributed by atoms with E-state index in [-0.39, 0.29) is 18.5 Å². The number of carbonyl (C=O) groups excluding carboxylic acids is 3. The van der Waals surface area contributed by atoms with Gasteiger partial charge in [0.25, 0.3) is 5.91 Å². The molecule has 0 bridgehead atoms. The van der Waals surface area contributed by atoms with Crippen molar-refractivity contribution >= 4 is 33.7 Å². The lowest BCUT2D eigenvalue weighted by molar-refractivity contribution is -0.123. The van der Waals surface area contributed by atoms with Crippen LogP contribution in [-0.4, -0.2) is 52.7 Å². The summed E-state index contributed by atoms with van der Waals surface area (Å²) in [6, 6.07) is 5.76. The average molecular weight is 412 g/mol. The first-order valence-corrected chi connectivity index (χ1v) is 8.27. The van der Waals surface area contributed by atoms with Crippen LogP contribution in [0.2, 0.25) is 0 Å². The molecule has 0 aliphatic heterocycles. The van der Waals surface area contributed by atoms with Crippen molar-refractivity contribution in [2.24, 2.45) is 5.73 Å². The summed E-state index contributed by atoms with van der Waals surface area (Å²) in [7, 11) is 0. The molecule has 25 heavy (non-hydrogen) atoms. The third kappa shape index (κ3) is 4.88. The molecule has 0 saturated carbocycles. The molecule has 8 nitrogen and oxygen atoms in total. The van der Waals surface area contributed by atoms with E-state index in [1.165, 1.54) is 6.08 Å². The molecule has 6 N–H and O–H groups in total. The minimum absolute atomic E-state index is 0.104. The molecule has 0 heterocycles.